The van der Waals surface area contributed by atoms with Crippen molar-refractivity contribution in [2.45, 2.75) is 57.9 Å². The normalized spacial score (nSPS) is 18.9. The SMILES string of the molecule is Cc1cc(C(F)(F)CCC2CCC(C(=O)O)CC2)cc(C(=O)N(F)Cc2ccccc2)n1. The van der Waals surface area contributed by atoms with Gasteiger partial charge in [-0.1, -0.05) is 34.8 Å². The van der Waals surface area contributed by atoms with Gasteiger partial charge in [-0.05, 0) is 62.6 Å². The number of hydrogen-bond acceptors (Lipinski definition) is 3. The molecule has 1 N–H and O–H groups in total. The topological polar surface area (TPSA) is 70.5 Å². The Kier molecular flexibility index (Phi) is 7.53. The summed E-state index contributed by atoms with van der Waals surface area (Å²) in [6.45, 7) is 1.18. The summed E-state index contributed by atoms with van der Waals surface area (Å²) in [7, 11) is 0. The van der Waals surface area contributed by atoms with Crippen LogP contribution in [0, 0.1) is 18.8 Å². The maximum absolute atomic E-state index is 14.9. The van der Waals surface area contributed by atoms with Crippen LogP contribution in [0.4, 0.5) is 13.3 Å². The highest BCUT2D eigenvalue weighted by Crippen LogP contribution is 2.38. The highest BCUT2D eigenvalue weighted by atomic mass is 19.3. The Hall–Kier alpha value is -2.90. The van der Waals surface area contributed by atoms with Gasteiger partial charge in [0.2, 0.25) is 0 Å². The number of pyridine rings is 1. The van der Waals surface area contributed by atoms with Crippen LogP contribution in [-0.4, -0.2) is 27.1 Å². The summed E-state index contributed by atoms with van der Waals surface area (Å²) in [4.78, 5) is 27.5. The minimum atomic E-state index is -3.20. The van der Waals surface area contributed by atoms with Crippen LogP contribution in [0.15, 0.2) is 42.5 Å². The van der Waals surface area contributed by atoms with Gasteiger partial charge in [-0.15, -0.1) is 0 Å². The maximum Gasteiger partial charge on any atom is 0.306 e. The van der Waals surface area contributed by atoms with Gasteiger partial charge < -0.3 is 5.11 Å². The summed E-state index contributed by atoms with van der Waals surface area (Å²) in [5.74, 6) is -5.43. The molecule has 1 aliphatic carbocycles. The number of amides is 1. The largest absolute Gasteiger partial charge is 0.481 e. The number of halogens is 3. The van der Waals surface area contributed by atoms with Gasteiger partial charge in [0.05, 0.1) is 12.5 Å². The molecule has 0 atom stereocenters. The van der Waals surface area contributed by atoms with Crippen LogP contribution in [0.3, 0.4) is 0 Å². The Balaban J connectivity index is 1.65. The third-order valence-electron chi connectivity index (χ3n) is 6.04. The average molecular weight is 448 g/mol. The lowest BCUT2D eigenvalue weighted by Crippen LogP contribution is -2.25. The van der Waals surface area contributed by atoms with E-state index in [1.54, 1.807) is 30.3 Å². The molecule has 0 aliphatic heterocycles. The molecule has 3 rings (SSSR count). The number of aromatic nitrogens is 1. The molecule has 8 heteroatoms. The summed E-state index contributed by atoms with van der Waals surface area (Å²) in [5.41, 5.74) is 0.0560. The van der Waals surface area contributed by atoms with Crippen LogP contribution in [0.1, 0.15) is 65.8 Å². The molecule has 1 saturated carbocycles. The molecule has 1 aliphatic rings. The van der Waals surface area contributed by atoms with Gasteiger partial charge in [0.1, 0.15) is 5.69 Å². The molecule has 0 bridgehead atoms. The van der Waals surface area contributed by atoms with Crippen LogP contribution in [0.2, 0.25) is 0 Å². The molecule has 5 nitrogen and oxygen atoms in total. The summed E-state index contributed by atoms with van der Waals surface area (Å²) in [5, 5.41) is 9.04. The summed E-state index contributed by atoms with van der Waals surface area (Å²) in [6, 6.07) is 10.7. The van der Waals surface area contributed by atoms with Gasteiger partial charge in [0.15, 0.2) is 0 Å². The van der Waals surface area contributed by atoms with Crippen molar-refractivity contribution in [2.24, 2.45) is 11.8 Å². The predicted molar refractivity (Wildman–Crippen MR) is 113 cm³/mol. The second-order valence-corrected chi connectivity index (χ2v) is 8.49. The van der Waals surface area contributed by atoms with E-state index in [4.69, 9.17) is 5.11 Å². The third kappa shape index (κ3) is 6.08. The molecular formula is C24H27F3N2O3. The van der Waals surface area contributed by atoms with Crippen molar-refractivity contribution in [1.82, 2.24) is 10.1 Å². The number of aryl methyl sites for hydroxylation is 1. The lowest BCUT2D eigenvalue weighted by Gasteiger charge is -2.27. The van der Waals surface area contributed by atoms with E-state index in [2.05, 4.69) is 4.98 Å². The van der Waals surface area contributed by atoms with Gasteiger partial charge in [-0.2, -0.15) is 5.12 Å². The van der Waals surface area contributed by atoms with Gasteiger partial charge in [-0.25, -0.2) is 13.8 Å². The van der Waals surface area contributed by atoms with Crippen LogP contribution in [-0.2, 0) is 17.3 Å². The van der Waals surface area contributed by atoms with Crippen LogP contribution in [0.5, 0.6) is 0 Å². The van der Waals surface area contributed by atoms with Crippen molar-refractivity contribution in [3.05, 3.63) is 65.0 Å². The lowest BCUT2D eigenvalue weighted by molar-refractivity contribution is -0.143. The Morgan fingerprint density at radius 1 is 1.12 bits per heavy atom. The molecule has 172 valence electrons. The molecule has 32 heavy (non-hydrogen) atoms. The number of carbonyl (C=O) groups excluding carboxylic acids is 1. The molecule has 1 fully saturated rings. The number of carboxylic acid groups (broad SMARTS) is 1. The zero-order valence-corrected chi connectivity index (χ0v) is 17.9. The first-order valence-electron chi connectivity index (χ1n) is 10.8. The molecule has 0 saturated heterocycles. The number of nitrogens with zero attached hydrogens (tertiary/aromatic N) is 2. The van der Waals surface area contributed by atoms with Crippen LogP contribution < -0.4 is 0 Å². The highest BCUT2D eigenvalue weighted by Gasteiger charge is 2.35. The van der Waals surface area contributed by atoms with Crippen LogP contribution >= 0.6 is 0 Å². The Morgan fingerprint density at radius 2 is 1.78 bits per heavy atom. The van der Waals surface area contributed by atoms with Crippen LogP contribution in [0.25, 0.3) is 0 Å². The standard InChI is InChI=1S/C24H27F3N2O3/c1-16-13-20(24(25,26)12-11-17-7-9-19(10-8-17)23(31)32)14-21(28-16)22(30)29(27)15-18-5-3-2-4-6-18/h2-6,13-14,17,19H,7-12,15H2,1H3,(H,31,32). The Morgan fingerprint density at radius 3 is 2.41 bits per heavy atom. The van der Waals surface area contributed by atoms with E-state index in [0.29, 0.717) is 31.2 Å². The average Bonchev–Trinajstić information content (AvgIpc) is 2.77. The summed E-state index contributed by atoms with van der Waals surface area (Å²) < 4.78 is 44.3. The zero-order chi connectivity index (χ0) is 23.3. The molecule has 1 aromatic carbocycles. The number of alkyl halides is 2. The number of benzene rings is 1. The van der Waals surface area contributed by atoms with E-state index in [0.717, 1.165) is 6.07 Å². The summed E-state index contributed by atoms with van der Waals surface area (Å²) >= 11 is 0. The van der Waals surface area contributed by atoms with E-state index in [1.165, 1.54) is 13.0 Å². The van der Waals surface area contributed by atoms with E-state index in [1.807, 2.05) is 0 Å². The monoisotopic (exact) mass is 448 g/mol. The Labute approximate surface area is 185 Å². The van der Waals surface area contributed by atoms with Crippen molar-refractivity contribution in [2.75, 3.05) is 0 Å². The van der Waals surface area contributed by atoms with Crippen molar-refractivity contribution < 1.29 is 28.0 Å². The highest BCUT2D eigenvalue weighted by molar-refractivity contribution is 5.91. The molecule has 2 aromatic rings. The molecule has 0 unspecified atom stereocenters. The number of carbonyl (C=O) groups is 2. The number of rotatable bonds is 8. The van der Waals surface area contributed by atoms with Gasteiger partial charge in [-0.3, -0.25) is 9.59 Å². The fourth-order valence-electron chi connectivity index (χ4n) is 4.16. The van der Waals surface area contributed by atoms with Crippen molar-refractivity contribution in [1.29, 1.82) is 0 Å². The van der Waals surface area contributed by atoms with Crippen molar-refractivity contribution in [3.63, 3.8) is 0 Å². The van der Waals surface area contributed by atoms with Crippen molar-refractivity contribution >= 4 is 11.9 Å². The number of carboxylic acids is 1. The second kappa shape index (κ2) is 10.1. The molecule has 0 spiro atoms. The van der Waals surface area contributed by atoms with E-state index in [9.17, 15) is 22.9 Å². The quantitative estimate of drug-likeness (QED) is 0.528. The van der Waals surface area contributed by atoms with Gasteiger partial charge >= 0.3 is 5.97 Å². The van der Waals surface area contributed by atoms with Gasteiger partial charge in [0.25, 0.3) is 11.8 Å². The minimum Gasteiger partial charge on any atom is -0.481 e. The molecule has 0 radical (unpaired) electrons. The smallest absolute Gasteiger partial charge is 0.306 e. The minimum absolute atomic E-state index is 0.0279. The molecule has 1 heterocycles. The molecule has 1 amide bonds. The predicted octanol–water partition coefficient (Wildman–Crippen LogP) is 5.68. The lowest BCUT2D eigenvalue weighted by atomic mass is 9.79. The zero-order valence-electron chi connectivity index (χ0n) is 17.9. The fraction of sp³-hybridized carbons (Fsp3) is 0.458. The molecular weight excluding hydrogens is 421 g/mol. The van der Waals surface area contributed by atoms with Gasteiger partial charge in [0, 0.05) is 17.7 Å². The van der Waals surface area contributed by atoms with E-state index in [-0.39, 0.29) is 46.9 Å². The summed E-state index contributed by atoms with van der Waals surface area (Å²) in [6.07, 6.45) is 2.08. The third-order valence-corrected chi connectivity index (χ3v) is 6.04. The first kappa shape index (κ1) is 23.8. The second-order valence-electron chi connectivity index (χ2n) is 8.49. The number of aliphatic carboxylic acids is 1. The number of hydrogen-bond donors (Lipinski definition) is 1. The first-order chi connectivity index (χ1) is 15.2. The van der Waals surface area contributed by atoms with E-state index < -0.39 is 24.2 Å². The fourth-order valence-corrected chi connectivity index (χ4v) is 4.16. The maximum atomic E-state index is 14.9. The van der Waals surface area contributed by atoms with Crippen molar-refractivity contribution in [3.8, 4) is 0 Å². The van der Waals surface area contributed by atoms with E-state index >= 15 is 0 Å². The Bertz CT molecular complexity index is 945. The first-order valence-corrected chi connectivity index (χ1v) is 10.8. The molecule has 1 aromatic heterocycles.